The van der Waals surface area contributed by atoms with Crippen LogP contribution >= 0.6 is 0 Å². The number of carbonyl (C=O) groups is 2. The third-order valence-corrected chi connectivity index (χ3v) is 4.77. The first-order chi connectivity index (χ1) is 10.6. The van der Waals surface area contributed by atoms with Crippen LogP contribution in [0, 0.1) is 5.92 Å². The number of ether oxygens (including phenoxy) is 1. The van der Waals surface area contributed by atoms with E-state index in [1.54, 1.807) is 36.3 Å². The van der Waals surface area contributed by atoms with Gasteiger partial charge in [0.05, 0.1) is 7.11 Å². The molecule has 2 heterocycles. The fourth-order valence-electron chi connectivity index (χ4n) is 3.48. The number of piperidine rings is 2. The van der Waals surface area contributed by atoms with Gasteiger partial charge in [0.15, 0.2) is 0 Å². The lowest BCUT2D eigenvalue weighted by Gasteiger charge is -2.46. The average Bonchev–Trinajstić information content (AvgIpc) is 2.57. The third-order valence-electron chi connectivity index (χ3n) is 4.77. The first kappa shape index (κ1) is 14.9. The van der Waals surface area contributed by atoms with Gasteiger partial charge in [-0.15, -0.1) is 0 Å². The number of methoxy groups -OCH3 is 1. The average molecular weight is 302 g/mol. The summed E-state index contributed by atoms with van der Waals surface area (Å²) in [5.74, 6) is 1.29. The van der Waals surface area contributed by atoms with E-state index in [1.807, 2.05) is 11.8 Å². The third kappa shape index (κ3) is 2.56. The van der Waals surface area contributed by atoms with Crippen LogP contribution in [-0.4, -0.2) is 54.4 Å². The summed E-state index contributed by atoms with van der Waals surface area (Å²) in [6, 6.07) is 6.79. The largest absolute Gasteiger partial charge is 0.497 e. The standard InChI is InChI=1S/C17H22N2O3/c1-3-18-11-12-8-9-19(15(10-12)17(18)21)16(20)13-4-6-14(22-2)7-5-13/h4-7,12,15H,3,8-11H2,1-2H3/t12-,15+/m0/s1. The van der Waals surface area contributed by atoms with Gasteiger partial charge >= 0.3 is 0 Å². The van der Waals surface area contributed by atoms with Gasteiger partial charge in [-0.25, -0.2) is 0 Å². The Morgan fingerprint density at radius 2 is 2.05 bits per heavy atom. The molecular weight excluding hydrogens is 280 g/mol. The van der Waals surface area contributed by atoms with Crippen LogP contribution in [0.15, 0.2) is 24.3 Å². The molecule has 118 valence electrons. The molecule has 0 spiro atoms. The van der Waals surface area contributed by atoms with E-state index in [0.717, 1.165) is 31.7 Å². The molecule has 5 nitrogen and oxygen atoms in total. The Labute approximate surface area is 130 Å². The molecule has 1 aromatic rings. The first-order valence-corrected chi connectivity index (χ1v) is 7.87. The number of carbonyl (C=O) groups excluding carboxylic acids is 2. The predicted molar refractivity (Wildman–Crippen MR) is 82.8 cm³/mol. The number of nitrogens with zero attached hydrogens (tertiary/aromatic N) is 2. The SMILES string of the molecule is CCN1C[C@H]2CCN(C(=O)c3ccc(OC)cc3)[C@H](C2)C1=O. The molecule has 2 amide bonds. The normalized spacial score (nSPS) is 24.4. The number of fused-ring (bicyclic) bond motifs is 2. The van der Waals surface area contributed by atoms with Crippen molar-refractivity contribution in [3.8, 4) is 5.75 Å². The Hall–Kier alpha value is -2.04. The zero-order valence-electron chi connectivity index (χ0n) is 13.1. The molecule has 2 fully saturated rings. The highest BCUT2D eigenvalue weighted by molar-refractivity contribution is 5.98. The Morgan fingerprint density at radius 1 is 1.32 bits per heavy atom. The van der Waals surface area contributed by atoms with Crippen molar-refractivity contribution in [2.45, 2.75) is 25.8 Å². The van der Waals surface area contributed by atoms with Crippen molar-refractivity contribution in [1.82, 2.24) is 9.80 Å². The van der Waals surface area contributed by atoms with Gasteiger partial charge in [-0.2, -0.15) is 0 Å². The number of benzene rings is 1. The maximum atomic E-state index is 12.8. The second-order valence-corrected chi connectivity index (χ2v) is 6.01. The molecule has 2 saturated heterocycles. The molecule has 2 bridgehead atoms. The van der Waals surface area contributed by atoms with Crippen LogP contribution in [0.5, 0.6) is 5.75 Å². The van der Waals surface area contributed by atoms with E-state index in [4.69, 9.17) is 4.74 Å². The number of rotatable bonds is 3. The van der Waals surface area contributed by atoms with Gasteiger partial charge in [0.1, 0.15) is 11.8 Å². The van der Waals surface area contributed by atoms with Crippen LogP contribution in [0.3, 0.4) is 0 Å². The van der Waals surface area contributed by atoms with Crippen molar-refractivity contribution in [1.29, 1.82) is 0 Å². The number of hydrogen-bond donors (Lipinski definition) is 0. The van der Waals surface area contributed by atoms with Crippen LogP contribution < -0.4 is 4.74 Å². The highest BCUT2D eigenvalue weighted by Gasteiger charge is 2.42. The molecular formula is C17H22N2O3. The first-order valence-electron chi connectivity index (χ1n) is 7.87. The van der Waals surface area contributed by atoms with Crippen molar-refractivity contribution in [2.24, 2.45) is 5.92 Å². The summed E-state index contributed by atoms with van der Waals surface area (Å²) in [5.41, 5.74) is 0.612. The van der Waals surface area contributed by atoms with Crippen LogP contribution in [0.1, 0.15) is 30.1 Å². The molecule has 0 radical (unpaired) electrons. The second-order valence-electron chi connectivity index (χ2n) is 6.01. The minimum absolute atomic E-state index is 0.0580. The Kier molecular flexibility index (Phi) is 4.05. The monoisotopic (exact) mass is 302 g/mol. The van der Waals surface area contributed by atoms with Gasteiger partial charge in [-0.1, -0.05) is 0 Å². The van der Waals surface area contributed by atoms with E-state index >= 15 is 0 Å². The van der Waals surface area contributed by atoms with E-state index in [0.29, 0.717) is 18.0 Å². The maximum absolute atomic E-state index is 12.8. The molecule has 0 N–H and O–H groups in total. The lowest BCUT2D eigenvalue weighted by Crippen LogP contribution is -2.60. The Balaban J connectivity index is 1.80. The predicted octanol–water partition coefficient (Wildman–Crippen LogP) is 1.78. The topological polar surface area (TPSA) is 49.9 Å². The van der Waals surface area contributed by atoms with Crippen LogP contribution in [0.4, 0.5) is 0 Å². The molecule has 0 aromatic heterocycles. The minimum atomic E-state index is -0.290. The van der Waals surface area contributed by atoms with Gasteiger partial charge < -0.3 is 14.5 Å². The molecule has 2 atom stereocenters. The molecule has 22 heavy (non-hydrogen) atoms. The lowest BCUT2D eigenvalue weighted by molar-refractivity contribution is -0.143. The van der Waals surface area contributed by atoms with Crippen molar-refractivity contribution >= 4 is 11.8 Å². The van der Waals surface area contributed by atoms with Gasteiger partial charge in [0.2, 0.25) is 5.91 Å². The second kappa shape index (κ2) is 5.99. The highest BCUT2D eigenvalue weighted by atomic mass is 16.5. The van der Waals surface area contributed by atoms with Crippen LogP contribution in [0.2, 0.25) is 0 Å². The molecule has 0 saturated carbocycles. The van der Waals surface area contributed by atoms with E-state index < -0.39 is 0 Å². The molecule has 5 heteroatoms. The summed E-state index contributed by atoms with van der Waals surface area (Å²) in [7, 11) is 1.60. The molecule has 2 aliphatic heterocycles. The highest BCUT2D eigenvalue weighted by Crippen LogP contribution is 2.31. The van der Waals surface area contributed by atoms with Gasteiger partial charge in [-0.05, 0) is 49.9 Å². The maximum Gasteiger partial charge on any atom is 0.254 e. The number of amides is 2. The number of likely N-dealkylation sites (N-methyl/N-ethyl adjacent to an activating group) is 1. The molecule has 0 aliphatic carbocycles. The summed E-state index contributed by atoms with van der Waals surface area (Å²) < 4.78 is 5.12. The minimum Gasteiger partial charge on any atom is -0.497 e. The van der Waals surface area contributed by atoms with E-state index in [9.17, 15) is 9.59 Å². The number of likely N-dealkylation sites (tertiary alicyclic amines) is 2. The Bertz CT molecular complexity index is 570. The fourth-order valence-corrected chi connectivity index (χ4v) is 3.48. The van der Waals surface area contributed by atoms with Crippen molar-refractivity contribution < 1.29 is 14.3 Å². The smallest absolute Gasteiger partial charge is 0.254 e. The van der Waals surface area contributed by atoms with E-state index in [1.165, 1.54) is 0 Å². The zero-order valence-corrected chi connectivity index (χ0v) is 13.1. The summed E-state index contributed by atoms with van der Waals surface area (Å²) >= 11 is 0. The fraction of sp³-hybridized carbons (Fsp3) is 0.529. The van der Waals surface area contributed by atoms with E-state index in [2.05, 4.69) is 0 Å². The van der Waals surface area contributed by atoms with Crippen LogP contribution in [0.25, 0.3) is 0 Å². The van der Waals surface area contributed by atoms with Crippen molar-refractivity contribution in [2.75, 3.05) is 26.7 Å². The molecule has 2 aliphatic rings. The zero-order chi connectivity index (χ0) is 15.7. The van der Waals surface area contributed by atoms with Gasteiger partial charge in [-0.3, -0.25) is 9.59 Å². The van der Waals surface area contributed by atoms with Crippen LogP contribution in [-0.2, 0) is 4.79 Å². The lowest BCUT2D eigenvalue weighted by atomic mass is 9.85. The summed E-state index contributed by atoms with van der Waals surface area (Å²) in [4.78, 5) is 28.9. The summed E-state index contributed by atoms with van der Waals surface area (Å²) in [6.45, 7) is 4.23. The summed E-state index contributed by atoms with van der Waals surface area (Å²) in [6.07, 6.45) is 1.78. The van der Waals surface area contributed by atoms with E-state index in [-0.39, 0.29) is 17.9 Å². The molecule has 3 rings (SSSR count). The molecule has 0 unspecified atom stereocenters. The van der Waals surface area contributed by atoms with Crippen molar-refractivity contribution in [3.05, 3.63) is 29.8 Å². The van der Waals surface area contributed by atoms with Crippen molar-refractivity contribution in [3.63, 3.8) is 0 Å². The molecule has 1 aromatic carbocycles. The van der Waals surface area contributed by atoms with Gasteiger partial charge in [0.25, 0.3) is 5.91 Å². The summed E-state index contributed by atoms with van der Waals surface area (Å²) in [5, 5.41) is 0. The Morgan fingerprint density at radius 3 is 2.68 bits per heavy atom. The quantitative estimate of drug-likeness (QED) is 0.855. The number of hydrogen-bond acceptors (Lipinski definition) is 3. The van der Waals surface area contributed by atoms with Gasteiger partial charge in [0, 0.05) is 25.2 Å².